The molecule has 31 heavy (non-hydrogen) atoms. The van der Waals surface area contributed by atoms with Crippen LogP contribution in [0.25, 0.3) is 22.3 Å². The Balaban J connectivity index is 1.79. The molecule has 0 unspecified atom stereocenters. The maximum atomic E-state index is 13.3. The largest absolute Gasteiger partial charge is 0.481 e. The fraction of sp³-hybridized carbons (Fsp3) is 0.192. The van der Waals surface area contributed by atoms with Crippen LogP contribution < -0.4 is 10.2 Å². The molecular formula is C26H22Cl2O3. The minimum atomic E-state index is -0.211. The molecule has 0 bridgehead atoms. The summed E-state index contributed by atoms with van der Waals surface area (Å²) in [6.07, 6.45) is 0. The second-order valence-electron chi connectivity index (χ2n) is 8.45. The van der Waals surface area contributed by atoms with Crippen LogP contribution in [-0.4, -0.2) is 0 Å². The molecule has 0 spiro atoms. The lowest BCUT2D eigenvalue weighted by Crippen LogP contribution is -2.11. The summed E-state index contributed by atoms with van der Waals surface area (Å²) < 4.78 is 12.1. The maximum absolute atomic E-state index is 13.3. The van der Waals surface area contributed by atoms with E-state index in [1.165, 1.54) is 5.56 Å². The highest BCUT2D eigenvalue weighted by Crippen LogP contribution is 2.33. The molecule has 0 N–H and O–H groups in total. The van der Waals surface area contributed by atoms with E-state index in [0.717, 1.165) is 11.1 Å². The topological polar surface area (TPSA) is 39.4 Å². The number of benzene rings is 3. The standard InChI is InChI=1S/C26H22Cl2O3/c1-26(2,3)18-11-9-17(10-12-18)24-25(23(29)19-6-4-5-7-22(19)31-24)30-15-16-8-13-20(27)21(28)14-16/h4-14H,15H2,1-3H3. The van der Waals surface area contributed by atoms with Crippen LogP contribution in [0.5, 0.6) is 5.75 Å². The Labute approximate surface area is 191 Å². The third-order valence-electron chi connectivity index (χ3n) is 5.14. The Morgan fingerprint density at radius 3 is 2.29 bits per heavy atom. The Hall–Kier alpha value is -2.75. The van der Waals surface area contributed by atoms with E-state index in [-0.39, 0.29) is 23.2 Å². The highest BCUT2D eigenvalue weighted by Gasteiger charge is 2.19. The van der Waals surface area contributed by atoms with Gasteiger partial charge in [-0.05, 0) is 40.8 Å². The average Bonchev–Trinajstić information content (AvgIpc) is 2.75. The van der Waals surface area contributed by atoms with Crippen LogP contribution in [-0.2, 0) is 12.0 Å². The lowest BCUT2D eigenvalue weighted by Gasteiger charge is -2.19. The van der Waals surface area contributed by atoms with Crippen LogP contribution in [0.3, 0.4) is 0 Å². The molecular weight excluding hydrogens is 431 g/mol. The van der Waals surface area contributed by atoms with Crippen molar-refractivity contribution in [2.75, 3.05) is 0 Å². The van der Waals surface area contributed by atoms with E-state index in [1.54, 1.807) is 30.3 Å². The Morgan fingerprint density at radius 2 is 1.61 bits per heavy atom. The summed E-state index contributed by atoms with van der Waals surface area (Å²) in [5, 5.41) is 1.38. The van der Waals surface area contributed by atoms with Gasteiger partial charge in [0.2, 0.25) is 11.2 Å². The van der Waals surface area contributed by atoms with E-state index in [1.807, 2.05) is 36.4 Å². The van der Waals surface area contributed by atoms with Gasteiger partial charge in [0.25, 0.3) is 0 Å². The van der Waals surface area contributed by atoms with E-state index < -0.39 is 0 Å². The highest BCUT2D eigenvalue weighted by molar-refractivity contribution is 6.42. The Morgan fingerprint density at radius 1 is 0.903 bits per heavy atom. The molecule has 0 saturated carbocycles. The van der Waals surface area contributed by atoms with Crippen molar-refractivity contribution in [3.8, 4) is 17.1 Å². The second kappa shape index (κ2) is 8.41. The summed E-state index contributed by atoms with van der Waals surface area (Å²) in [5.74, 6) is 0.581. The summed E-state index contributed by atoms with van der Waals surface area (Å²) in [7, 11) is 0. The monoisotopic (exact) mass is 452 g/mol. The number of para-hydroxylation sites is 1. The number of hydrogen-bond donors (Lipinski definition) is 0. The fourth-order valence-corrected chi connectivity index (χ4v) is 3.67. The number of halogens is 2. The molecule has 5 heteroatoms. The van der Waals surface area contributed by atoms with Crippen LogP contribution >= 0.6 is 23.2 Å². The first-order valence-electron chi connectivity index (χ1n) is 9.97. The molecule has 0 aliphatic carbocycles. The van der Waals surface area contributed by atoms with E-state index in [9.17, 15) is 4.79 Å². The van der Waals surface area contributed by atoms with Crippen molar-refractivity contribution in [2.45, 2.75) is 32.8 Å². The van der Waals surface area contributed by atoms with Crippen molar-refractivity contribution in [3.05, 3.63) is 98.1 Å². The third kappa shape index (κ3) is 4.48. The first-order chi connectivity index (χ1) is 14.7. The zero-order valence-corrected chi connectivity index (χ0v) is 19.1. The number of hydrogen-bond acceptors (Lipinski definition) is 3. The lowest BCUT2D eigenvalue weighted by atomic mass is 9.86. The van der Waals surface area contributed by atoms with Gasteiger partial charge in [-0.15, -0.1) is 0 Å². The van der Waals surface area contributed by atoms with Gasteiger partial charge in [-0.1, -0.05) is 86.4 Å². The van der Waals surface area contributed by atoms with Crippen molar-refractivity contribution in [3.63, 3.8) is 0 Å². The molecule has 4 rings (SSSR count). The summed E-state index contributed by atoms with van der Waals surface area (Å²) >= 11 is 12.1. The minimum absolute atomic E-state index is 0.0237. The molecule has 0 saturated heterocycles. The lowest BCUT2D eigenvalue weighted by molar-refractivity contribution is 0.298. The first-order valence-corrected chi connectivity index (χ1v) is 10.7. The third-order valence-corrected chi connectivity index (χ3v) is 5.88. The van der Waals surface area contributed by atoms with Crippen LogP contribution in [0.1, 0.15) is 31.9 Å². The van der Waals surface area contributed by atoms with Gasteiger partial charge in [0.05, 0.1) is 15.4 Å². The van der Waals surface area contributed by atoms with Crippen molar-refractivity contribution in [1.82, 2.24) is 0 Å². The van der Waals surface area contributed by atoms with E-state index in [2.05, 4.69) is 20.8 Å². The number of fused-ring (bicyclic) bond motifs is 1. The summed E-state index contributed by atoms with van der Waals surface area (Å²) in [4.78, 5) is 13.3. The molecule has 0 atom stereocenters. The summed E-state index contributed by atoms with van der Waals surface area (Å²) in [6, 6.07) is 20.4. The molecule has 0 aliphatic heterocycles. The molecule has 0 amide bonds. The van der Waals surface area contributed by atoms with Crippen molar-refractivity contribution in [2.24, 2.45) is 0 Å². The normalized spacial score (nSPS) is 11.6. The van der Waals surface area contributed by atoms with Gasteiger partial charge in [0.15, 0.2) is 5.76 Å². The highest BCUT2D eigenvalue weighted by atomic mass is 35.5. The van der Waals surface area contributed by atoms with Crippen molar-refractivity contribution in [1.29, 1.82) is 0 Å². The molecule has 1 heterocycles. The Kier molecular flexibility index (Phi) is 5.83. The molecule has 4 aromatic rings. The van der Waals surface area contributed by atoms with Gasteiger partial charge in [-0.3, -0.25) is 4.79 Å². The molecule has 0 aliphatic rings. The quantitative estimate of drug-likeness (QED) is 0.319. The predicted octanol–water partition coefficient (Wildman–Crippen LogP) is 7.64. The summed E-state index contributed by atoms with van der Waals surface area (Å²) in [5.41, 5.74) is 3.10. The minimum Gasteiger partial charge on any atom is -0.481 e. The SMILES string of the molecule is CC(C)(C)c1ccc(-c2oc3ccccc3c(=O)c2OCc2ccc(Cl)c(Cl)c2)cc1. The molecule has 0 radical (unpaired) electrons. The number of ether oxygens (including phenoxy) is 1. The molecule has 3 nitrogen and oxygen atoms in total. The molecule has 158 valence electrons. The van der Waals surface area contributed by atoms with Gasteiger partial charge in [0.1, 0.15) is 12.2 Å². The van der Waals surface area contributed by atoms with Crippen LogP contribution in [0.4, 0.5) is 0 Å². The number of rotatable bonds is 4. The fourth-order valence-electron chi connectivity index (χ4n) is 3.35. The van der Waals surface area contributed by atoms with Gasteiger partial charge >= 0.3 is 0 Å². The van der Waals surface area contributed by atoms with E-state index in [4.69, 9.17) is 32.4 Å². The molecule has 1 aromatic heterocycles. The first kappa shape index (κ1) is 21.5. The van der Waals surface area contributed by atoms with Gasteiger partial charge in [0, 0.05) is 5.56 Å². The zero-order valence-electron chi connectivity index (χ0n) is 17.5. The van der Waals surface area contributed by atoms with E-state index in [0.29, 0.717) is 26.8 Å². The molecule has 0 fully saturated rings. The van der Waals surface area contributed by atoms with Crippen LogP contribution in [0, 0.1) is 0 Å². The maximum Gasteiger partial charge on any atom is 0.235 e. The summed E-state index contributed by atoms with van der Waals surface area (Å²) in [6.45, 7) is 6.63. The Bertz CT molecular complexity index is 1300. The predicted molar refractivity (Wildman–Crippen MR) is 127 cm³/mol. The van der Waals surface area contributed by atoms with Gasteiger partial charge < -0.3 is 9.15 Å². The second-order valence-corrected chi connectivity index (χ2v) is 9.26. The van der Waals surface area contributed by atoms with Crippen LogP contribution in [0.2, 0.25) is 10.0 Å². The van der Waals surface area contributed by atoms with Crippen LogP contribution in [0.15, 0.2) is 75.9 Å². The van der Waals surface area contributed by atoms with Crippen molar-refractivity contribution < 1.29 is 9.15 Å². The molecule has 3 aromatic carbocycles. The van der Waals surface area contributed by atoms with Crippen molar-refractivity contribution >= 4 is 34.2 Å². The van der Waals surface area contributed by atoms with Gasteiger partial charge in [-0.2, -0.15) is 0 Å². The zero-order chi connectivity index (χ0) is 22.2. The van der Waals surface area contributed by atoms with E-state index >= 15 is 0 Å². The van der Waals surface area contributed by atoms with Gasteiger partial charge in [-0.25, -0.2) is 0 Å². The smallest absolute Gasteiger partial charge is 0.235 e. The average molecular weight is 453 g/mol.